The van der Waals surface area contributed by atoms with Crippen LogP contribution >= 0.6 is 15.9 Å². The Morgan fingerprint density at radius 3 is 2.59 bits per heavy atom. The van der Waals surface area contributed by atoms with Crippen molar-refractivity contribution in [1.82, 2.24) is 19.7 Å². The van der Waals surface area contributed by atoms with Crippen molar-refractivity contribution in [1.29, 1.82) is 0 Å². The van der Waals surface area contributed by atoms with Crippen LogP contribution in [0.2, 0.25) is 0 Å². The highest BCUT2D eigenvalue weighted by atomic mass is 79.9. The lowest BCUT2D eigenvalue weighted by Gasteiger charge is -2.08. The fourth-order valence-corrected chi connectivity index (χ4v) is 2.46. The molecule has 112 valence electrons. The van der Waals surface area contributed by atoms with E-state index in [1.807, 2.05) is 32.0 Å². The first kappa shape index (κ1) is 14.7. The maximum Gasteiger partial charge on any atom is 0.174 e. The summed E-state index contributed by atoms with van der Waals surface area (Å²) < 4.78 is 2.87. The first-order valence-corrected chi connectivity index (χ1v) is 7.75. The second kappa shape index (κ2) is 6.27. The van der Waals surface area contributed by atoms with Crippen molar-refractivity contribution < 1.29 is 0 Å². The summed E-state index contributed by atoms with van der Waals surface area (Å²) in [5, 5.41) is 7.72. The number of aromatic nitrogens is 4. The van der Waals surface area contributed by atoms with Gasteiger partial charge in [-0.25, -0.2) is 9.67 Å². The molecule has 6 heteroatoms. The molecule has 0 bridgehead atoms. The van der Waals surface area contributed by atoms with Gasteiger partial charge in [-0.15, -0.1) is 0 Å². The highest BCUT2D eigenvalue weighted by Crippen LogP contribution is 2.13. The average Bonchev–Trinajstić information content (AvgIpc) is 2.86. The van der Waals surface area contributed by atoms with Gasteiger partial charge in [-0.1, -0.05) is 28.1 Å². The fraction of sp³-hybridized carbons (Fsp3) is 0.188. The number of anilines is 1. The molecule has 0 saturated heterocycles. The molecule has 0 aliphatic rings. The van der Waals surface area contributed by atoms with Crippen LogP contribution in [0.1, 0.15) is 17.0 Å². The summed E-state index contributed by atoms with van der Waals surface area (Å²) in [7, 11) is 0. The van der Waals surface area contributed by atoms with Crippen LogP contribution in [-0.2, 0) is 6.54 Å². The molecule has 0 spiro atoms. The zero-order valence-electron chi connectivity index (χ0n) is 12.4. The summed E-state index contributed by atoms with van der Waals surface area (Å²) in [4.78, 5) is 8.81. The van der Waals surface area contributed by atoms with Gasteiger partial charge in [0.15, 0.2) is 5.82 Å². The molecule has 0 amide bonds. The highest BCUT2D eigenvalue weighted by Gasteiger charge is 2.06. The molecule has 1 aromatic carbocycles. The summed E-state index contributed by atoms with van der Waals surface area (Å²) in [5.41, 5.74) is 3.19. The van der Waals surface area contributed by atoms with E-state index in [1.165, 1.54) is 5.56 Å². The minimum absolute atomic E-state index is 0.697. The Kier molecular flexibility index (Phi) is 4.20. The monoisotopic (exact) mass is 357 g/mol. The van der Waals surface area contributed by atoms with Crippen molar-refractivity contribution in [3.63, 3.8) is 0 Å². The largest absolute Gasteiger partial charge is 0.365 e. The molecule has 3 aromatic rings. The molecule has 22 heavy (non-hydrogen) atoms. The summed E-state index contributed by atoms with van der Waals surface area (Å²) in [6.45, 7) is 4.67. The van der Waals surface area contributed by atoms with Gasteiger partial charge in [0, 0.05) is 16.7 Å². The molecular formula is C16H16BrN5. The first-order chi connectivity index (χ1) is 10.6. The second-order valence-corrected chi connectivity index (χ2v) is 6.00. The SMILES string of the molecule is Cc1cc(C)n(-c2cncc(NCc3ccc(Br)cc3)n2)n1. The smallest absolute Gasteiger partial charge is 0.174 e. The minimum atomic E-state index is 0.697. The van der Waals surface area contributed by atoms with Gasteiger partial charge < -0.3 is 5.32 Å². The molecule has 2 heterocycles. The van der Waals surface area contributed by atoms with Crippen molar-refractivity contribution in [3.8, 4) is 5.82 Å². The van der Waals surface area contributed by atoms with E-state index in [0.29, 0.717) is 12.4 Å². The van der Waals surface area contributed by atoms with Gasteiger partial charge in [-0.3, -0.25) is 4.98 Å². The molecule has 1 N–H and O–H groups in total. The Balaban J connectivity index is 1.76. The molecule has 2 aromatic heterocycles. The summed E-state index contributed by atoms with van der Waals surface area (Å²) in [6.07, 6.45) is 3.43. The van der Waals surface area contributed by atoms with Crippen molar-refractivity contribution >= 4 is 21.7 Å². The lowest BCUT2D eigenvalue weighted by molar-refractivity contribution is 0.799. The van der Waals surface area contributed by atoms with E-state index < -0.39 is 0 Å². The van der Waals surface area contributed by atoms with Gasteiger partial charge in [-0.2, -0.15) is 5.10 Å². The number of benzene rings is 1. The second-order valence-electron chi connectivity index (χ2n) is 5.08. The Hall–Kier alpha value is -2.21. The molecule has 0 atom stereocenters. The van der Waals surface area contributed by atoms with Crippen LogP contribution in [0.25, 0.3) is 5.82 Å². The summed E-state index contributed by atoms with van der Waals surface area (Å²) >= 11 is 3.43. The van der Waals surface area contributed by atoms with E-state index in [1.54, 1.807) is 17.1 Å². The van der Waals surface area contributed by atoms with E-state index in [0.717, 1.165) is 21.7 Å². The topological polar surface area (TPSA) is 55.6 Å². The molecule has 0 aliphatic heterocycles. The van der Waals surface area contributed by atoms with Crippen LogP contribution in [0.5, 0.6) is 0 Å². The van der Waals surface area contributed by atoms with Crippen LogP contribution in [0.15, 0.2) is 47.2 Å². The molecule has 5 nitrogen and oxygen atoms in total. The minimum Gasteiger partial charge on any atom is -0.365 e. The van der Waals surface area contributed by atoms with E-state index in [-0.39, 0.29) is 0 Å². The lowest BCUT2D eigenvalue weighted by Crippen LogP contribution is -2.07. The third kappa shape index (κ3) is 3.33. The maximum absolute atomic E-state index is 4.57. The van der Waals surface area contributed by atoms with E-state index in [4.69, 9.17) is 0 Å². The van der Waals surface area contributed by atoms with E-state index >= 15 is 0 Å². The Morgan fingerprint density at radius 1 is 1.14 bits per heavy atom. The van der Waals surface area contributed by atoms with Crippen molar-refractivity contribution in [2.24, 2.45) is 0 Å². The molecular weight excluding hydrogens is 342 g/mol. The summed E-state index contributed by atoms with van der Waals surface area (Å²) in [6, 6.07) is 10.2. The Labute approximate surface area is 137 Å². The molecule has 0 saturated carbocycles. The van der Waals surface area contributed by atoms with Gasteiger partial charge in [0.25, 0.3) is 0 Å². The molecule has 3 rings (SSSR count). The van der Waals surface area contributed by atoms with Gasteiger partial charge in [0.2, 0.25) is 0 Å². The third-order valence-electron chi connectivity index (χ3n) is 3.24. The van der Waals surface area contributed by atoms with Crippen molar-refractivity contribution in [2.75, 3.05) is 5.32 Å². The third-order valence-corrected chi connectivity index (χ3v) is 3.76. The molecule has 0 radical (unpaired) electrons. The standard InChI is InChI=1S/C16H16BrN5/c1-11-7-12(2)22(21-11)16-10-18-9-15(20-16)19-8-13-3-5-14(17)6-4-13/h3-7,9-10H,8H2,1-2H3,(H,19,20). The maximum atomic E-state index is 4.57. The summed E-state index contributed by atoms with van der Waals surface area (Å²) in [5.74, 6) is 1.44. The van der Waals surface area contributed by atoms with Gasteiger partial charge in [-0.05, 0) is 37.6 Å². The number of hydrogen-bond acceptors (Lipinski definition) is 4. The fourth-order valence-electron chi connectivity index (χ4n) is 2.20. The van der Waals surface area contributed by atoms with Gasteiger partial charge >= 0.3 is 0 Å². The number of nitrogens with zero attached hydrogens (tertiary/aromatic N) is 4. The Bertz CT molecular complexity index is 779. The molecule has 0 aliphatic carbocycles. The number of nitrogens with one attached hydrogen (secondary N) is 1. The van der Waals surface area contributed by atoms with Crippen molar-refractivity contribution in [2.45, 2.75) is 20.4 Å². The Morgan fingerprint density at radius 2 is 1.91 bits per heavy atom. The van der Waals surface area contributed by atoms with Gasteiger partial charge in [0.05, 0.1) is 18.1 Å². The highest BCUT2D eigenvalue weighted by molar-refractivity contribution is 9.10. The predicted octanol–water partition coefficient (Wildman–Crippen LogP) is 3.65. The number of aryl methyl sites for hydroxylation is 2. The number of halogens is 1. The predicted molar refractivity (Wildman–Crippen MR) is 90.1 cm³/mol. The number of hydrogen-bond donors (Lipinski definition) is 1. The van der Waals surface area contributed by atoms with E-state index in [9.17, 15) is 0 Å². The van der Waals surface area contributed by atoms with Crippen LogP contribution in [0, 0.1) is 13.8 Å². The quantitative estimate of drug-likeness (QED) is 0.774. The lowest BCUT2D eigenvalue weighted by atomic mass is 10.2. The van der Waals surface area contributed by atoms with Crippen LogP contribution in [-0.4, -0.2) is 19.7 Å². The van der Waals surface area contributed by atoms with Crippen LogP contribution < -0.4 is 5.32 Å². The van der Waals surface area contributed by atoms with Crippen LogP contribution in [0.3, 0.4) is 0 Å². The van der Waals surface area contributed by atoms with Crippen LogP contribution in [0.4, 0.5) is 5.82 Å². The number of rotatable bonds is 4. The van der Waals surface area contributed by atoms with Gasteiger partial charge in [0.1, 0.15) is 5.82 Å². The zero-order valence-corrected chi connectivity index (χ0v) is 14.0. The molecule has 0 unspecified atom stereocenters. The van der Waals surface area contributed by atoms with E-state index in [2.05, 4.69) is 48.4 Å². The first-order valence-electron chi connectivity index (χ1n) is 6.96. The van der Waals surface area contributed by atoms with Crippen molar-refractivity contribution in [3.05, 3.63) is 64.1 Å². The zero-order chi connectivity index (χ0) is 15.5. The molecule has 0 fully saturated rings. The average molecular weight is 358 g/mol. The normalized spacial score (nSPS) is 10.7.